The molecule has 3 aromatic rings. The fraction of sp³-hybridized carbons (Fsp3) is 0.333. The lowest BCUT2D eigenvalue weighted by molar-refractivity contribution is -0.258. The van der Waals surface area contributed by atoms with Crippen molar-refractivity contribution in [2.75, 3.05) is 24.5 Å². The van der Waals surface area contributed by atoms with Crippen molar-refractivity contribution in [2.24, 2.45) is 0 Å². The highest BCUT2D eigenvalue weighted by Crippen LogP contribution is 2.39. The number of anilines is 1. The molecule has 1 N–H and O–H groups in total. The van der Waals surface area contributed by atoms with Crippen molar-refractivity contribution in [3.63, 3.8) is 0 Å². The van der Waals surface area contributed by atoms with Crippen LogP contribution in [0.2, 0.25) is 0 Å². The summed E-state index contributed by atoms with van der Waals surface area (Å²) < 4.78 is 81.0. The molecule has 2 aromatic carbocycles. The van der Waals surface area contributed by atoms with Gasteiger partial charge in [0.2, 0.25) is 0 Å². The van der Waals surface area contributed by atoms with Crippen LogP contribution in [-0.4, -0.2) is 49.7 Å². The van der Waals surface area contributed by atoms with Gasteiger partial charge in [0, 0.05) is 31.4 Å². The first-order chi connectivity index (χ1) is 16.4. The Hall–Kier alpha value is -2.47. The van der Waals surface area contributed by atoms with E-state index in [1.54, 1.807) is 29.6 Å². The lowest BCUT2D eigenvalue weighted by atomic mass is 9.94. The minimum Gasteiger partial charge on any atom is -0.376 e. The van der Waals surface area contributed by atoms with Crippen molar-refractivity contribution in [1.82, 2.24) is 4.31 Å². The summed E-state index contributed by atoms with van der Waals surface area (Å²) in [6.45, 7) is 1.36. The Morgan fingerprint density at radius 2 is 1.69 bits per heavy atom. The fourth-order valence-corrected chi connectivity index (χ4v) is 6.74. The number of nitrogens with zero attached hydrogens (tertiary/aromatic N) is 2. The van der Waals surface area contributed by atoms with Gasteiger partial charge in [-0.1, -0.05) is 30.3 Å². The molecule has 0 saturated carbocycles. The monoisotopic (exact) mass is 528 g/mol. The van der Waals surface area contributed by atoms with E-state index in [2.05, 4.69) is 0 Å². The van der Waals surface area contributed by atoms with Crippen molar-refractivity contribution in [1.29, 1.82) is 0 Å². The van der Waals surface area contributed by atoms with Crippen LogP contribution in [0.1, 0.15) is 18.1 Å². The van der Waals surface area contributed by atoms with E-state index in [-0.39, 0.29) is 34.7 Å². The van der Waals surface area contributed by atoms with Gasteiger partial charge in [-0.2, -0.15) is 17.5 Å². The van der Waals surface area contributed by atoms with Crippen LogP contribution < -0.4 is 4.90 Å². The Labute approximate surface area is 205 Å². The second-order valence-electron chi connectivity index (χ2n) is 8.59. The highest BCUT2D eigenvalue weighted by molar-refractivity contribution is 7.91. The molecule has 0 spiro atoms. The van der Waals surface area contributed by atoms with Crippen LogP contribution in [0.3, 0.4) is 0 Å². The van der Waals surface area contributed by atoms with E-state index < -0.39 is 21.8 Å². The zero-order chi connectivity index (χ0) is 25.4. The van der Waals surface area contributed by atoms with Gasteiger partial charge in [0.15, 0.2) is 5.60 Å². The minimum atomic E-state index is -4.83. The molecule has 11 heteroatoms. The van der Waals surface area contributed by atoms with Gasteiger partial charge in [-0.25, -0.2) is 12.8 Å². The van der Waals surface area contributed by atoms with E-state index in [1.807, 2.05) is 4.90 Å². The second-order valence-corrected chi connectivity index (χ2v) is 11.7. The van der Waals surface area contributed by atoms with Gasteiger partial charge in [-0.3, -0.25) is 0 Å². The van der Waals surface area contributed by atoms with Crippen LogP contribution in [0, 0.1) is 5.82 Å². The molecule has 1 aliphatic rings. The Kier molecular flexibility index (Phi) is 6.98. The molecule has 0 amide bonds. The Morgan fingerprint density at radius 1 is 1.03 bits per heavy atom. The van der Waals surface area contributed by atoms with Gasteiger partial charge in [-0.15, -0.1) is 11.3 Å². The molecule has 0 radical (unpaired) electrons. The summed E-state index contributed by atoms with van der Waals surface area (Å²) in [5.41, 5.74) is -1.88. The molecule has 1 aromatic heterocycles. The van der Waals surface area contributed by atoms with Gasteiger partial charge >= 0.3 is 6.18 Å². The summed E-state index contributed by atoms with van der Waals surface area (Å²) in [5.74, 6) is -0.386. The number of alkyl halides is 3. The maximum atomic E-state index is 13.4. The number of piperazine rings is 1. The molecule has 2 atom stereocenters. The number of sulfonamides is 1. The number of benzene rings is 2. The third-order valence-electron chi connectivity index (χ3n) is 6.23. The van der Waals surface area contributed by atoms with Gasteiger partial charge in [-0.05, 0) is 60.2 Å². The largest absolute Gasteiger partial charge is 0.421 e. The van der Waals surface area contributed by atoms with Crippen LogP contribution in [0.5, 0.6) is 0 Å². The zero-order valence-electron chi connectivity index (χ0n) is 18.7. The van der Waals surface area contributed by atoms with Crippen LogP contribution in [0.4, 0.5) is 23.2 Å². The number of halogens is 4. The van der Waals surface area contributed by atoms with Crippen molar-refractivity contribution >= 4 is 27.0 Å². The summed E-state index contributed by atoms with van der Waals surface area (Å²) in [4.78, 5) is 1.94. The molecule has 0 bridgehead atoms. The first-order valence-electron chi connectivity index (χ1n) is 10.8. The summed E-state index contributed by atoms with van der Waals surface area (Å²) >= 11 is 1.13. The molecular weight excluding hydrogens is 504 g/mol. The number of rotatable bonds is 6. The van der Waals surface area contributed by atoms with E-state index in [9.17, 15) is 31.1 Å². The smallest absolute Gasteiger partial charge is 0.376 e. The number of hydrogen-bond donors (Lipinski definition) is 1. The van der Waals surface area contributed by atoms with Gasteiger partial charge in [0.1, 0.15) is 10.0 Å². The standard InChI is InChI=1S/C24H24F4N2O3S2/c1-23(31,24(26,27)28)18-6-10-20(11-7-18)30-13-12-29(35(32,33)22-3-2-14-34-22)16-21(30)15-17-4-8-19(25)9-5-17/h2-11,14,21,31H,12-13,15-16H2,1H3/t21-,23-/m1/s1. The normalized spacial score (nSPS) is 19.5. The van der Waals surface area contributed by atoms with Crippen molar-refractivity contribution < 1.29 is 31.1 Å². The van der Waals surface area contributed by atoms with Gasteiger partial charge in [0.25, 0.3) is 10.0 Å². The van der Waals surface area contributed by atoms with Crippen LogP contribution in [0.25, 0.3) is 0 Å². The maximum Gasteiger partial charge on any atom is 0.421 e. The second kappa shape index (κ2) is 9.53. The number of hydrogen-bond acceptors (Lipinski definition) is 5. The van der Waals surface area contributed by atoms with Crippen molar-refractivity contribution in [2.45, 2.75) is 35.4 Å². The number of aliphatic hydroxyl groups is 1. The minimum absolute atomic E-state index is 0.152. The maximum absolute atomic E-state index is 13.4. The SMILES string of the molecule is C[C@@](O)(c1ccc(N2CCN(S(=O)(=O)c3cccs3)C[C@H]2Cc2ccc(F)cc2)cc1)C(F)(F)F. The molecule has 0 unspecified atom stereocenters. The average molecular weight is 529 g/mol. The lowest BCUT2D eigenvalue weighted by Crippen LogP contribution is -2.55. The first kappa shape index (κ1) is 25.6. The molecule has 0 aliphatic carbocycles. The Morgan fingerprint density at radius 3 is 2.26 bits per heavy atom. The molecule has 2 heterocycles. The fourth-order valence-electron chi connectivity index (χ4n) is 4.13. The predicted octanol–water partition coefficient (Wildman–Crippen LogP) is 4.78. The Balaban J connectivity index is 1.63. The summed E-state index contributed by atoms with van der Waals surface area (Å²) in [6.07, 6.45) is -4.43. The summed E-state index contributed by atoms with van der Waals surface area (Å²) in [7, 11) is -3.69. The molecule has 4 rings (SSSR count). The van der Waals surface area contributed by atoms with E-state index in [1.165, 1.54) is 40.7 Å². The highest BCUT2D eigenvalue weighted by Gasteiger charge is 2.51. The number of thiophene rings is 1. The van der Waals surface area contributed by atoms with E-state index >= 15 is 0 Å². The summed E-state index contributed by atoms with van der Waals surface area (Å²) in [6, 6.07) is 14.2. The van der Waals surface area contributed by atoms with Crippen LogP contribution in [0.15, 0.2) is 70.3 Å². The molecule has 188 valence electrons. The van der Waals surface area contributed by atoms with Crippen molar-refractivity contribution in [3.05, 3.63) is 83.0 Å². The third-order valence-corrected chi connectivity index (χ3v) is 9.47. The molecule has 5 nitrogen and oxygen atoms in total. The molecule has 35 heavy (non-hydrogen) atoms. The van der Waals surface area contributed by atoms with Crippen LogP contribution in [-0.2, 0) is 22.0 Å². The lowest BCUT2D eigenvalue weighted by Gasteiger charge is -2.42. The highest BCUT2D eigenvalue weighted by atomic mass is 32.2. The van der Waals surface area contributed by atoms with Crippen molar-refractivity contribution in [3.8, 4) is 0 Å². The molecule has 1 fully saturated rings. The Bertz CT molecular complexity index is 1240. The predicted molar refractivity (Wildman–Crippen MR) is 126 cm³/mol. The van der Waals surface area contributed by atoms with E-state index in [4.69, 9.17) is 0 Å². The zero-order valence-corrected chi connectivity index (χ0v) is 20.4. The van der Waals surface area contributed by atoms with E-state index in [0.29, 0.717) is 25.6 Å². The topological polar surface area (TPSA) is 60.9 Å². The molecule has 1 aliphatic heterocycles. The van der Waals surface area contributed by atoms with Crippen LogP contribution >= 0.6 is 11.3 Å². The van der Waals surface area contributed by atoms with Gasteiger partial charge < -0.3 is 10.0 Å². The first-order valence-corrected chi connectivity index (χ1v) is 13.2. The summed E-state index contributed by atoms with van der Waals surface area (Å²) in [5, 5.41) is 11.7. The quantitative estimate of drug-likeness (QED) is 0.468. The van der Waals surface area contributed by atoms with E-state index in [0.717, 1.165) is 16.9 Å². The molecular formula is C24H24F4N2O3S2. The average Bonchev–Trinajstić information content (AvgIpc) is 3.36. The third kappa shape index (κ3) is 5.23. The van der Waals surface area contributed by atoms with Gasteiger partial charge in [0.05, 0.1) is 0 Å². The molecule has 1 saturated heterocycles.